The maximum absolute atomic E-state index is 11.6. The van der Waals surface area contributed by atoms with E-state index < -0.39 is 31.0 Å². The van der Waals surface area contributed by atoms with Gasteiger partial charge < -0.3 is 15.3 Å². The number of carboxylic acid groups (broad SMARTS) is 3. The van der Waals surface area contributed by atoms with Crippen molar-refractivity contribution in [3.63, 3.8) is 0 Å². The Morgan fingerprint density at radius 1 is 0.839 bits per heavy atom. The van der Waals surface area contributed by atoms with Crippen molar-refractivity contribution >= 4 is 28.7 Å². The number of fused-ring (bicyclic) bond motifs is 1. The second-order valence-corrected chi connectivity index (χ2v) is 7.93. The smallest absolute Gasteiger partial charge is 0.317 e. The van der Waals surface area contributed by atoms with E-state index in [1.165, 1.54) is 4.90 Å². The molecule has 2 aromatic rings. The Balaban J connectivity index is 1.88. The van der Waals surface area contributed by atoms with E-state index in [-0.39, 0.29) is 25.2 Å². The summed E-state index contributed by atoms with van der Waals surface area (Å²) in [6, 6.07) is 9.05. The summed E-state index contributed by atoms with van der Waals surface area (Å²) in [6.45, 7) is -0.749. The molecule has 9 nitrogen and oxygen atoms in total. The van der Waals surface area contributed by atoms with E-state index >= 15 is 0 Å². The molecule has 0 radical (unpaired) electrons. The standard InChI is InChI=1S/C22H27N3O6/c26-20(27)12-24(11-17-9-15-5-1-2-6-16(15)10-23-17)18-7-3-4-8-19(18)25(13-21(28)29)14-22(30)31/h1-2,5-6,9-10,18-19H,3-4,7-8,11-14H2,(H,26,27)(H,28,29)(H,30,31)/t18-,19-/m0/s1. The average molecular weight is 429 g/mol. The predicted octanol–water partition coefficient (Wildman–Crippen LogP) is 1.90. The fourth-order valence-electron chi connectivity index (χ4n) is 4.47. The van der Waals surface area contributed by atoms with E-state index in [4.69, 9.17) is 0 Å². The van der Waals surface area contributed by atoms with Crippen LogP contribution in [0, 0.1) is 0 Å². The Kier molecular flexibility index (Phi) is 7.54. The summed E-state index contributed by atoms with van der Waals surface area (Å²) in [4.78, 5) is 42.0. The molecule has 0 spiro atoms. The van der Waals surface area contributed by atoms with Gasteiger partial charge in [0.1, 0.15) is 0 Å². The molecule has 1 heterocycles. The molecule has 1 aliphatic rings. The van der Waals surface area contributed by atoms with Gasteiger partial charge in [0.15, 0.2) is 0 Å². The zero-order valence-electron chi connectivity index (χ0n) is 17.2. The molecule has 166 valence electrons. The SMILES string of the molecule is O=C(O)CN(CC(=O)O)[C@H]1CCCC[C@@H]1N(CC(=O)O)Cc1cc2ccccc2cn1. The number of aromatic nitrogens is 1. The first-order chi connectivity index (χ1) is 14.8. The van der Waals surface area contributed by atoms with Gasteiger partial charge in [0.05, 0.1) is 25.3 Å². The molecular formula is C22H27N3O6. The van der Waals surface area contributed by atoms with Crippen molar-refractivity contribution < 1.29 is 29.7 Å². The lowest BCUT2D eigenvalue weighted by Gasteiger charge is -2.43. The van der Waals surface area contributed by atoms with E-state index in [9.17, 15) is 29.7 Å². The molecule has 0 amide bonds. The summed E-state index contributed by atoms with van der Waals surface area (Å²) in [6.07, 6.45) is 4.75. The number of hydrogen-bond acceptors (Lipinski definition) is 6. The molecule has 31 heavy (non-hydrogen) atoms. The fraction of sp³-hybridized carbons (Fsp3) is 0.455. The number of benzene rings is 1. The highest BCUT2D eigenvalue weighted by Gasteiger charge is 2.36. The lowest BCUT2D eigenvalue weighted by atomic mass is 9.87. The molecule has 0 unspecified atom stereocenters. The van der Waals surface area contributed by atoms with Crippen LogP contribution in [-0.2, 0) is 20.9 Å². The summed E-state index contributed by atoms with van der Waals surface area (Å²) < 4.78 is 0. The highest BCUT2D eigenvalue weighted by molar-refractivity contribution is 5.81. The molecule has 0 saturated heterocycles. The van der Waals surface area contributed by atoms with Gasteiger partial charge in [-0.05, 0) is 24.3 Å². The summed E-state index contributed by atoms with van der Waals surface area (Å²) in [5.41, 5.74) is 0.715. The molecule has 2 atom stereocenters. The lowest BCUT2D eigenvalue weighted by molar-refractivity contribution is -0.146. The molecule has 0 aliphatic heterocycles. The fourth-order valence-corrected chi connectivity index (χ4v) is 4.47. The Hall–Kier alpha value is -3.04. The van der Waals surface area contributed by atoms with E-state index in [1.54, 1.807) is 11.1 Å². The van der Waals surface area contributed by atoms with Gasteiger partial charge in [-0.2, -0.15) is 0 Å². The number of nitrogens with zero attached hydrogens (tertiary/aromatic N) is 3. The van der Waals surface area contributed by atoms with Crippen LogP contribution < -0.4 is 0 Å². The number of hydrogen-bond donors (Lipinski definition) is 3. The average Bonchev–Trinajstić information content (AvgIpc) is 2.72. The van der Waals surface area contributed by atoms with Crippen molar-refractivity contribution in [2.24, 2.45) is 0 Å². The van der Waals surface area contributed by atoms with Crippen molar-refractivity contribution in [3.8, 4) is 0 Å². The number of carbonyl (C=O) groups is 3. The predicted molar refractivity (Wildman–Crippen MR) is 113 cm³/mol. The zero-order valence-corrected chi connectivity index (χ0v) is 17.2. The Bertz CT molecular complexity index is 934. The maximum atomic E-state index is 11.6. The third-order valence-electron chi connectivity index (χ3n) is 5.70. The van der Waals surface area contributed by atoms with E-state index in [0.29, 0.717) is 18.5 Å². The molecule has 1 aromatic carbocycles. The van der Waals surface area contributed by atoms with Crippen LogP contribution in [0.2, 0.25) is 0 Å². The largest absolute Gasteiger partial charge is 0.480 e. The molecule has 9 heteroatoms. The molecule has 3 N–H and O–H groups in total. The van der Waals surface area contributed by atoms with Crippen LogP contribution in [0.25, 0.3) is 10.8 Å². The van der Waals surface area contributed by atoms with Crippen molar-refractivity contribution in [3.05, 3.63) is 42.2 Å². The Morgan fingerprint density at radius 3 is 1.94 bits per heavy atom. The van der Waals surface area contributed by atoms with Crippen LogP contribution in [-0.4, -0.2) is 79.7 Å². The molecule has 0 bridgehead atoms. The van der Waals surface area contributed by atoms with Crippen LogP contribution in [0.1, 0.15) is 31.4 Å². The quantitative estimate of drug-likeness (QED) is 0.518. The van der Waals surface area contributed by atoms with Crippen LogP contribution in [0.4, 0.5) is 0 Å². The second kappa shape index (κ2) is 10.3. The highest BCUT2D eigenvalue weighted by atomic mass is 16.4. The van der Waals surface area contributed by atoms with Crippen molar-refractivity contribution in [2.75, 3.05) is 19.6 Å². The van der Waals surface area contributed by atoms with Crippen LogP contribution in [0.15, 0.2) is 36.5 Å². The zero-order chi connectivity index (χ0) is 22.4. The monoisotopic (exact) mass is 429 g/mol. The van der Waals surface area contributed by atoms with Crippen LogP contribution >= 0.6 is 0 Å². The first-order valence-electron chi connectivity index (χ1n) is 10.3. The Labute approximate surface area is 179 Å². The highest BCUT2D eigenvalue weighted by Crippen LogP contribution is 2.28. The summed E-state index contributed by atoms with van der Waals surface area (Å²) in [5, 5.41) is 30.1. The minimum Gasteiger partial charge on any atom is -0.480 e. The summed E-state index contributed by atoms with van der Waals surface area (Å²) in [7, 11) is 0. The van der Waals surface area contributed by atoms with Gasteiger partial charge >= 0.3 is 17.9 Å². The van der Waals surface area contributed by atoms with Crippen molar-refractivity contribution in [1.82, 2.24) is 14.8 Å². The first-order valence-corrected chi connectivity index (χ1v) is 10.3. The van der Waals surface area contributed by atoms with Gasteiger partial charge in [0.25, 0.3) is 0 Å². The number of carboxylic acids is 3. The second-order valence-electron chi connectivity index (χ2n) is 7.93. The number of rotatable bonds is 10. The van der Waals surface area contributed by atoms with Crippen molar-refractivity contribution in [2.45, 2.75) is 44.3 Å². The van der Waals surface area contributed by atoms with E-state index in [0.717, 1.165) is 23.6 Å². The van der Waals surface area contributed by atoms with Gasteiger partial charge in [-0.25, -0.2) is 0 Å². The normalized spacial score (nSPS) is 19.0. The Morgan fingerprint density at radius 2 is 1.35 bits per heavy atom. The van der Waals surface area contributed by atoms with Gasteiger partial charge in [0.2, 0.25) is 0 Å². The molecule has 1 fully saturated rings. The summed E-state index contributed by atoms with van der Waals surface area (Å²) in [5.74, 6) is -3.20. The van der Waals surface area contributed by atoms with Crippen molar-refractivity contribution in [1.29, 1.82) is 0 Å². The number of pyridine rings is 1. The first kappa shape index (κ1) is 22.6. The molecule has 1 aliphatic carbocycles. The third kappa shape index (κ3) is 6.22. The summed E-state index contributed by atoms with van der Waals surface area (Å²) >= 11 is 0. The van der Waals surface area contributed by atoms with Gasteiger partial charge in [-0.15, -0.1) is 0 Å². The molecule has 3 rings (SSSR count). The third-order valence-corrected chi connectivity index (χ3v) is 5.70. The van der Waals surface area contributed by atoms with E-state index in [2.05, 4.69) is 4.98 Å². The minimum atomic E-state index is -1.11. The molecule has 1 aromatic heterocycles. The minimum absolute atomic E-state index is 0.232. The van der Waals surface area contributed by atoms with Gasteiger partial charge in [0, 0.05) is 30.2 Å². The molecular weight excluding hydrogens is 402 g/mol. The lowest BCUT2D eigenvalue weighted by Crippen LogP contribution is -2.56. The van der Waals surface area contributed by atoms with Gasteiger partial charge in [-0.1, -0.05) is 37.1 Å². The molecule has 1 saturated carbocycles. The van der Waals surface area contributed by atoms with Crippen LogP contribution in [0.5, 0.6) is 0 Å². The maximum Gasteiger partial charge on any atom is 0.317 e. The van der Waals surface area contributed by atoms with Gasteiger partial charge in [-0.3, -0.25) is 29.2 Å². The van der Waals surface area contributed by atoms with E-state index in [1.807, 2.05) is 30.3 Å². The van der Waals surface area contributed by atoms with Crippen LogP contribution in [0.3, 0.4) is 0 Å². The number of aliphatic carboxylic acids is 3. The topological polar surface area (TPSA) is 131 Å².